The standard InChI is InChI=1S/C17H12N2S/c1-2-7-13(12(6-1)15-9-5-11-18-15)17-14-8-3-4-10-16(14)20-19-17/h1-11,18H. The number of H-pyrrole nitrogens is 1. The van der Waals surface area contributed by atoms with Gasteiger partial charge in [-0.15, -0.1) is 0 Å². The molecule has 2 aromatic heterocycles. The molecule has 0 saturated heterocycles. The Morgan fingerprint density at radius 1 is 0.800 bits per heavy atom. The quantitative estimate of drug-likeness (QED) is 0.551. The Kier molecular flexibility index (Phi) is 2.64. The summed E-state index contributed by atoms with van der Waals surface area (Å²) in [5, 5.41) is 1.22. The zero-order chi connectivity index (χ0) is 13.4. The Balaban J connectivity index is 1.99. The molecule has 2 nitrogen and oxygen atoms in total. The molecular formula is C17H12N2S. The second-order valence-corrected chi connectivity index (χ2v) is 5.46. The summed E-state index contributed by atoms with van der Waals surface area (Å²) in [6.07, 6.45) is 1.95. The van der Waals surface area contributed by atoms with Crippen molar-refractivity contribution in [1.82, 2.24) is 9.36 Å². The molecule has 3 heteroatoms. The van der Waals surface area contributed by atoms with Gasteiger partial charge in [0.25, 0.3) is 0 Å². The van der Waals surface area contributed by atoms with Crippen LogP contribution in [-0.4, -0.2) is 9.36 Å². The van der Waals surface area contributed by atoms with Crippen LogP contribution < -0.4 is 0 Å². The molecule has 0 atom stereocenters. The molecule has 0 aliphatic rings. The molecule has 4 aromatic rings. The molecule has 4 rings (SSSR count). The van der Waals surface area contributed by atoms with Gasteiger partial charge in [0, 0.05) is 28.4 Å². The highest BCUT2D eigenvalue weighted by atomic mass is 32.1. The third kappa shape index (κ3) is 1.75. The number of aromatic amines is 1. The van der Waals surface area contributed by atoms with Gasteiger partial charge in [0.15, 0.2) is 0 Å². The Hall–Kier alpha value is -2.39. The highest BCUT2D eigenvalue weighted by Gasteiger charge is 2.13. The lowest BCUT2D eigenvalue weighted by Crippen LogP contribution is -1.85. The van der Waals surface area contributed by atoms with Crippen LogP contribution in [-0.2, 0) is 0 Å². The van der Waals surface area contributed by atoms with Gasteiger partial charge in [-0.2, -0.15) is 4.37 Å². The number of nitrogens with one attached hydrogen (secondary N) is 1. The number of hydrogen-bond donors (Lipinski definition) is 1. The lowest BCUT2D eigenvalue weighted by atomic mass is 10.00. The fourth-order valence-corrected chi connectivity index (χ4v) is 3.29. The van der Waals surface area contributed by atoms with Gasteiger partial charge in [-0.05, 0) is 29.7 Å². The van der Waals surface area contributed by atoms with Crippen LogP contribution in [0.1, 0.15) is 0 Å². The Morgan fingerprint density at radius 3 is 2.45 bits per heavy atom. The van der Waals surface area contributed by atoms with E-state index in [4.69, 9.17) is 0 Å². The number of aromatic nitrogens is 2. The maximum absolute atomic E-state index is 4.66. The first-order valence-electron chi connectivity index (χ1n) is 6.51. The minimum atomic E-state index is 1.07. The summed E-state index contributed by atoms with van der Waals surface area (Å²) in [6.45, 7) is 0. The highest BCUT2D eigenvalue weighted by Crippen LogP contribution is 2.36. The molecule has 0 aliphatic heterocycles. The molecule has 0 unspecified atom stereocenters. The molecule has 0 amide bonds. The van der Waals surface area contributed by atoms with Crippen LogP contribution in [0.3, 0.4) is 0 Å². The van der Waals surface area contributed by atoms with Crippen molar-refractivity contribution >= 4 is 21.6 Å². The van der Waals surface area contributed by atoms with Crippen molar-refractivity contribution < 1.29 is 0 Å². The number of benzene rings is 2. The van der Waals surface area contributed by atoms with Gasteiger partial charge in [0.05, 0.1) is 10.4 Å². The fraction of sp³-hybridized carbons (Fsp3) is 0. The molecule has 0 aliphatic carbocycles. The van der Waals surface area contributed by atoms with E-state index in [-0.39, 0.29) is 0 Å². The molecular weight excluding hydrogens is 264 g/mol. The second-order valence-electron chi connectivity index (χ2n) is 4.66. The van der Waals surface area contributed by atoms with Crippen LogP contribution in [0.15, 0.2) is 66.9 Å². The molecule has 2 heterocycles. The summed E-state index contributed by atoms with van der Waals surface area (Å²) in [7, 11) is 0. The first-order chi connectivity index (χ1) is 9.93. The van der Waals surface area contributed by atoms with Crippen molar-refractivity contribution in [1.29, 1.82) is 0 Å². The van der Waals surface area contributed by atoms with Crippen LogP contribution in [0.2, 0.25) is 0 Å². The molecule has 96 valence electrons. The first-order valence-corrected chi connectivity index (χ1v) is 7.28. The maximum Gasteiger partial charge on any atom is 0.0926 e. The molecule has 0 spiro atoms. The lowest BCUT2D eigenvalue weighted by molar-refractivity contribution is 1.40. The van der Waals surface area contributed by atoms with Gasteiger partial charge in [0.1, 0.15) is 0 Å². The molecule has 0 saturated carbocycles. The van der Waals surface area contributed by atoms with E-state index in [0.29, 0.717) is 0 Å². The Morgan fingerprint density at radius 2 is 1.60 bits per heavy atom. The summed E-state index contributed by atoms with van der Waals surface area (Å²) >= 11 is 1.55. The lowest BCUT2D eigenvalue weighted by Gasteiger charge is -2.06. The van der Waals surface area contributed by atoms with Gasteiger partial charge in [-0.25, -0.2) is 0 Å². The van der Waals surface area contributed by atoms with Gasteiger partial charge < -0.3 is 4.98 Å². The van der Waals surface area contributed by atoms with Crippen LogP contribution in [0.4, 0.5) is 0 Å². The normalized spacial score (nSPS) is 11.0. The summed E-state index contributed by atoms with van der Waals surface area (Å²) in [6, 6.07) is 20.9. The van der Waals surface area contributed by atoms with Gasteiger partial charge >= 0.3 is 0 Å². The van der Waals surface area contributed by atoms with Gasteiger partial charge in [-0.1, -0.05) is 42.5 Å². The van der Waals surface area contributed by atoms with E-state index in [1.54, 1.807) is 11.5 Å². The highest BCUT2D eigenvalue weighted by molar-refractivity contribution is 7.13. The zero-order valence-electron chi connectivity index (χ0n) is 10.7. The number of nitrogens with zero attached hydrogens (tertiary/aromatic N) is 1. The van der Waals surface area contributed by atoms with Crippen LogP contribution >= 0.6 is 11.5 Å². The van der Waals surface area contributed by atoms with E-state index in [2.05, 4.69) is 64.0 Å². The van der Waals surface area contributed by atoms with Crippen molar-refractivity contribution in [3.8, 4) is 22.5 Å². The average molecular weight is 276 g/mol. The number of hydrogen-bond acceptors (Lipinski definition) is 2. The van der Waals surface area contributed by atoms with E-state index < -0.39 is 0 Å². The van der Waals surface area contributed by atoms with Crippen molar-refractivity contribution in [2.75, 3.05) is 0 Å². The minimum absolute atomic E-state index is 1.07. The summed E-state index contributed by atoms with van der Waals surface area (Å²) in [4.78, 5) is 3.28. The maximum atomic E-state index is 4.66. The molecule has 0 fully saturated rings. The van der Waals surface area contributed by atoms with Crippen LogP contribution in [0.25, 0.3) is 32.6 Å². The van der Waals surface area contributed by atoms with E-state index >= 15 is 0 Å². The van der Waals surface area contributed by atoms with E-state index in [1.807, 2.05) is 12.3 Å². The largest absolute Gasteiger partial charge is 0.361 e. The first kappa shape index (κ1) is 11.4. The molecule has 0 radical (unpaired) electrons. The van der Waals surface area contributed by atoms with Crippen molar-refractivity contribution in [2.45, 2.75) is 0 Å². The van der Waals surface area contributed by atoms with E-state index in [0.717, 1.165) is 11.4 Å². The second kappa shape index (κ2) is 4.62. The van der Waals surface area contributed by atoms with Crippen molar-refractivity contribution in [3.63, 3.8) is 0 Å². The van der Waals surface area contributed by atoms with Crippen LogP contribution in [0.5, 0.6) is 0 Å². The predicted molar refractivity (Wildman–Crippen MR) is 84.8 cm³/mol. The smallest absolute Gasteiger partial charge is 0.0926 e. The summed E-state index contributed by atoms with van der Waals surface area (Å²) in [5.74, 6) is 0. The van der Waals surface area contributed by atoms with Crippen molar-refractivity contribution in [2.24, 2.45) is 0 Å². The predicted octanol–water partition coefficient (Wildman–Crippen LogP) is 4.96. The Bertz CT molecular complexity index is 859. The third-order valence-corrected chi connectivity index (χ3v) is 4.27. The van der Waals surface area contributed by atoms with Gasteiger partial charge in [-0.3, -0.25) is 0 Å². The van der Waals surface area contributed by atoms with Crippen molar-refractivity contribution in [3.05, 3.63) is 66.9 Å². The van der Waals surface area contributed by atoms with E-state index in [1.165, 1.54) is 21.2 Å². The minimum Gasteiger partial charge on any atom is -0.361 e. The zero-order valence-corrected chi connectivity index (χ0v) is 11.5. The Labute approximate surface area is 120 Å². The monoisotopic (exact) mass is 276 g/mol. The molecule has 2 aromatic carbocycles. The average Bonchev–Trinajstić information content (AvgIpc) is 3.17. The summed E-state index contributed by atoms with van der Waals surface area (Å²) in [5.41, 5.74) is 4.55. The summed E-state index contributed by atoms with van der Waals surface area (Å²) < 4.78 is 5.89. The fourth-order valence-electron chi connectivity index (χ4n) is 2.50. The topological polar surface area (TPSA) is 28.7 Å². The molecule has 1 N–H and O–H groups in total. The number of fused-ring (bicyclic) bond motifs is 1. The molecule has 0 bridgehead atoms. The third-order valence-electron chi connectivity index (χ3n) is 3.45. The van der Waals surface area contributed by atoms with Crippen LogP contribution in [0, 0.1) is 0 Å². The van der Waals surface area contributed by atoms with Gasteiger partial charge in [0.2, 0.25) is 0 Å². The molecule has 20 heavy (non-hydrogen) atoms. The van der Waals surface area contributed by atoms with E-state index in [9.17, 15) is 0 Å². The number of rotatable bonds is 2. The SMILES string of the molecule is c1c[nH]c(-c2ccccc2-c2nsc3ccccc23)c1.